The molecule has 0 spiro atoms. The van der Waals surface area contributed by atoms with Crippen molar-refractivity contribution >= 4 is 5.91 Å². The van der Waals surface area contributed by atoms with Gasteiger partial charge in [-0.2, -0.15) is 0 Å². The molecule has 0 aliphatic carbocycles. The van der Waals surface area contributed by atoms with E-state index in [-0.39, 0.29) is 5.91 Å². The standard InChI is InChI=1S/C15H24N4O/c1-17(2)15(20)6-8-18-9-11-19(12-10-18)13-14-5-3-4-7-16-14/h3-5,7H,6,8-13H2,1-2H3. The fourth-order valence-corrected chi connectivity index (χ4v) is 2.37. The van der Waals surface area contributed by atoms with E-state index in [9.17, 15) is 4.79 Å². The first-order chi connectivity index (χ1) is 9.65. The zero-order valence-electron chi connectivity index (χ0n) is 12.5. The molecule has 0 N–H and O–H groups in total. The Hall–Kier alpha value is -1.46. The lowest BCUT2D eigenvalue weighted by atomic mass is 10.2. The van der Waals surface area contributed by atoms with Crippen molar-refractivity contribution < 1.29 is 4.79 Å². The normalized spacial score (nSPS) is 17.1. The largest absolute Gasteiger partial charge is 0.349 e. The molecule has 1 aliphatic heterocycles. The van der Waals surface area contributed by atoms with Gasteiger partial charge in [0.1, 0.15) is 0 Å². The van der Waals surface area contributed by atoms with E-state index in [1.54, 1.807) is 4.90 Å². The molecule has 1 aromatic heterocycles. The SMILES string of the molecule is CN(C)C(=O)CCN1CCN(Cc2ccccn2)CC1. The molecule has 1 fully saturated rings. The van der Waals surface area contributed by atoms with Crippen LogP contribution in [0.1, 0.15) is 12.1 Å². The van der Waals surface area contributed by atoms with Crippen molar-refractivity contribution in [1.29, 1.82) is 0 Å². The van der Waals surface area contributed by atoms with Gasteiger partial charge in [0.25, 0.3) is 0 Å². The second-order valence-electron chi connectivity index (χ2n) is 5.48. The van der Waals surface area contributed by atoms with Crippen molar-refractivity contribution in [2.45, 2.75) is 13.0 Å². The predicted molar refractivity (Wildman–Crippen MR) is 79.3 cm³/mol. The quantitative estimate of drug-likeness (QED) is 0.793. The fraction of sp³-hybridized carbons (Fsp3) is 0.600. The summed E-state index contributed by atoms with van der Waals surface area (Å²) in [5.41, 5.74) is 1.13. The van der Waals surface area contributed by atoms with E-state index in [0.717, 1.165) is 45.0 Å². The highest BCUT2D eigenvalue weighted by molar-refractivity contribution is 5.75. The van der Waals surface area contributed by atoms with Gasteiger partial charge in [-0.25, -0.2) is 0 Å². The first-order valence-corrected chi connectivity index (χ1v) is 7.20. The Morgan fingerprint density at radius 2 is 1.90 bits per heavy atom. The van der Waals surface area contributed by atoms with Crippen molar-refractivity contribution in [1.82, 2.24) is 19.7 Å². The van der Waals surface area contributed by atoms with Gasteiger partial charge in [-0.15, -0.1) is 0 Å². The van der Waals surface area contributed by atoms with Crippen LogP contribution in [0.15, 0.2) is 24.4 Å². The average Bonchev–Trinajstić information content (AvgIpc) is 2.47. The number of hydrogen-bond donors (Lipinski definition) is 0. The van der Waals surface area contributed by atoms with Crippen LogP contribution in [0.3, 0.4) is 0 Å². The Balaban J connectivity index is 1.69. The monoisotopic (exact) mass is 276 g/mol. The second-order valence-corrected chi connectivity index (χ2v) is 5.48. The van der Waals surface area contributed by atoms with E-state index < -0.39 is 0 Å². The van der Waals surface area contributed by atoms with Crippen LogP contribution in [-0.4, -0.2) is 72.4 Å². The van der Waals surface area contributed by atoms with Crippen LogP contribution < -0.4 is 0 Å². The van der Waals surface area contributed by atoms with Gasteiger partial charge in [0.15, 0.2) is 0 Å². The van der Waals surface area contributed by atoms with Crippen LogP contribution in [0.5, 0.6) is 0 Å². The number of amides is 1. The summed E-state index contributed by atoms with van der Waals surface area (Å²) in [4.78, 5) is 22.4. The van der Waals surface area contributed by atoms with Crippen LogP contribution in [0, 0.1) is 0 Å². The van der Waals surface area contributed by atoms with Crippen LogP contribution in [-0.2, 0) is 11.3 Å². The third-order valence-electron chi connectivity index (χ3n) is 3.72. The summed E-state index contributed by atoms with van der Waals surface area (Å²) in [5.74, 6) is 0.209. The molecule has 2 rings (SSSR count). The Kier molecular flexibility index (Phi) is 5.49. The van der Waals surface area contributed by atoms with Crippen molar-refractivity contribution in [3.8, 4) is 0 Å². The Morgan fingerprint density at radius 3 is 2.50 bits per heavy atom. The van der Waals surface area contributed by atoms with E-state index in [1.165, 1.54) is 0 Å². The number of carbonyl (C=O) groups is 1. The molecule has 5 nitrogen and oxygen atoms in total. The van der Waals surface area contributed by atoms with Crippen molar-refractivity contribution in [2.75, 3.05) is 46.8 Å². The molecule has 1 saturated heterocycles. The Labute approximate surface area is 121 Å². The highest BCUT2D eigenvalue weighted by Crippen LogP contribution is 2.07. The van der Waals surface area contributed by atoms with Gasteiger partial charge in [-0.1, -0.05) is 6.07 Å². The number of nitrogens with zero attached hydrogens (tertiary/aromatic N) is 4. The number of pyridine rings is 1. The molecule has 20 heavy (non-hydrogen) atoms. The fourth-order valence-electron chi connectivity index (χ4n) is 2.37. The van der Waals surface area contributed by atoms with E-state index in [4.69, 9.17) is 0 Å². The molecule has 1 aliphatic rings. The molecule has 110 valence electrons. The second kappa shape index (κ2) is 7.36. The molecule has 0 radical (unpaired) electrons. The summed E-state index contributed by atoms with van der Waals surface area (Å²) in [5, 5.41) is 0. The Bertz CT molecular complexity index is 413. The van der Waals surface area contributed by atoms with E-state index in [0.29, 0.717) is 6.42 Å². The van der Waals surface area contributed by atoms with Gasteiger partial charge in [-0.05, 0) is 12.1 Å². The minimum Gasteiger partial charge on any atom is -0.349 e. The van der Waals surface area contributed by atoms with E-state index in [1.807, 2.05) is 32.4 Å². The molecule has 0 bridgehead atoms. The summed E-state index contributed by atoms with van der Waals surface area (Å²) in [6, 6.07) is 6.05. The molecule has 1 amide bonds. The highest BCUT2D eigenvalue weighted by atomic mass is 16.2. The molecule has 5 heteroatoms. The Morgan fingerprint density at radius 1 is 1.20 bits per heavy atom. The summed E-state index contributed by atoms with van der Waals surface area (Å²) < 4.78 is 0. The summed E-state index contributed by atoms with van der Waals surface area (Å²) in [7, 11) is 3.63. The van der Waals surface area contributed by atoms with Crippen molar-refractivity contribution in [3.05, 3.63) is 30.1 Å². The highest BCUT2D eigenvalue weighted by Gasteiger charge is 2.18. The van der Waals surface area contributed by atoms with E-state index >= 15 is 0 Å². The maximum atomic E-state index is 11.6. The maximum Gasteiger partial charge on any atom is 0.223 e. The summed E-state index contributed by atoms with van der Waals surface area (Å²) in [6.45, 7) is 5.96. The maximum absolute atomic E-state index is 11.6. The topological polar surface area (TPSA) is 39.7 Å². The third-order valence-corrected chi connectivity index (χ3v) is 3.72. The van der Waals surface area contributed by atoms with Gasteiger partial charge < -0.3 is 9.80 Å². The third kappa shape index (κ3) is 4.58. The number of carbonyl (C=O) groups excluding carboxylic acids is 1. The van der Waals surface area contributed by atoms with Gasteiger partial charge in [0, 0.05) is 66.0 Å². The van der Waals surface area contributed by atoms with Gasteiger partial charge >= 0.3 is 0 Å². The molecule has 0 saturated carbocycles. The van der Waals surface area contributed by atoms with Crippen LogP contribution in [0.2, 0.25) is 0 Å². The predicted octanol–water partition coefficient (Wildman–Crippen LogP) is 0.677. The number of aromatic nitrogens is 1. The lowest BCUT2D eigenvalue weighted by Gasteiger charge is -2.34. The molecule has 0 unspecified atom stereocenters. The lowest BCUT2D eigenvalue weighted by Crippen LogP contribution is -2.46. The van der Waals surface area contributed by atoms with E-state index in [2.05, 4.69) is 20.9 Å². The summed E-state index contributed by atoms with van der Waals surface area (Å²) in [6.07, 6.45) is 2.46. The molecular weight excluding hydrogens is 252 g/mol. The zero-order valence-corrected chi connectivity index (χ0v) is 12.5. The minimum atomic E-state index is 0.209. The molecule has 0 atom stereocenters. The van der Waals surface area contributed by atoms with Gasteiger partial charge in [0.2, 0.25) is 5.91 Å². The van der Waals surface area contributed by atoms with Crippen LogP contribution in [0.4, 0.5) is 0 Å². The summed E-state index contributed by atoms with van der Waals surface area (Å²) >= 11 is 0. The number of rotatable bonds is 5. The van der Waals surface area contributed by atoms with Crippen molar-refractivity contribution in [3.63, 3.8) is 0 Å². The molecule has 0 aromatic carbocycles. The zero-order chi connectivity index (χ0) is 14.4. The first-order valence-electron chi connectivity index (χ1n) is 7.20. The van der Waals surface area contributed by atoms with Crippen LogP contribution in [0.25, 0.3) is 0 Å². The van der Waals surface area contributed by atoms with Gasteiger partial charge in [0.05, 0.1) is 5.69 Å². The molecular formula is C15H24N4O. The van der Waals surface area contributed by atoms with Gasteiger partial charge in [-0.3, -0.25) is 14.7 Å². The van der Waals surface area contributed by atoms with Crippen LogP contribution >= 0.6 is 0 Å². The smallest absolute Gasteiger partial charge is 0.223 e. The lowest BCUT2D eigenvalue weighted by molar-refractivity contribution is -0.129. The molecule has 2 heterocycles. The number of piperazine rings is 1. The first kappa shape index (κ1) is 14.9. The molecule has 1 aromatic rings. The minimum absolute atomic E-state index is 0.209. The van der Waals surface area contributed by atoms with Crippen molar-refractivity contribution in [2.24, 2.45) is 0 Å². The average molecular weight is 276 g/mol. The number of hydrogen-bond acceptors (Lipinski definition) is 4.